The largest absolute Gasteiger partial charge is 0.486 e. The zero-order chi connectivity index (χ0) is 15.5. The number of methoxy groups -OCH3 is 1. The molecule has 2 atom stereocenters. The first kappa shape index (κ1) is 17.8. The van der Waals surface area contributed by atoms with Gasteiger partial charge >= 0.3 is 0 Å². The van der Waals surface area contributed by atoms with Crippen LogP contribution >= 0.6 is 12.4 Å². The molecule has 0 spiro atoms. The second-order valence-corrected chi connectivity index (χ2v) is 5.79. The van der Waals surface area contributed by atoms with Gasteiger partial charge in [-0.05, 0) is 36.5 Å². The van der Waals surface area contributed by atoms with Crippen molar-refractivity contribution in [1.82, 2.24) is 5.32 Å². The maximum Gasteiger partial charge on any atom is 0.239 e. The summed E-state index contributed by atoms with van der Waals surface area (Å²) in [4.78, 5) is 12.2. The molecule has 7 heteroatoms. The lowest BCUT2D eigenvalue weighted by Crippen LogP contribution is -2.45. The molecule has 2 unspecified atom stereocenters. The van der Waals surface area contributed by atoms with Crippen LogP contribution in [0.15, 0.2) is 18.2 Å². The summed E-state index contributed by atoms with van der Waals surface area (Å²) in [5.41, 5.74) is 6.84. The fraction of sp³-hybridized carbons (Fsp3) is 0.562. The fourth-order valence-electron chi connectivity index (χ4n) is 2.67. The predicted molar refractivity (Wildman–Crippen MR) is 88.1 cm³/mol. The molecule has 3 N–H and O–H groups in total. The van der Waals surface area contributed by atoms with Gasteiger partial charge in [0.05, 0.1) is 12.6 Å². The molecule has 23 heavy (non-hydrogen) atoms. The Hall–Kier alpha value is -1.50. The number of nitrogens with one attached hydrogen (secondary N) is 1. The van der Waals surface area contributed by atoms with E-state index in [4.69, 9.17) is 19.9 Å². The minimum absolute atomic E-state index is 0. The summed E-state index contributed by atoms with van der Waals surface area (Å²) in [5.74, 6) is 1.77. The topological polar surface area (TPSA) is 82.8 Å². The molecule has 1 heterocycles. The Morgan fingerprint density at radius 2 is 2.04 bits per heavy atom. The summed E-state index contributed by atoms with van der Waals surface area (Å²) < 4.78 is 16.1. The number of halogens is 1. The van der Waals surface area contributed by atoms with E-state index in [1.807, 2.05) is 18.2 Å². The number of hydrogen-bond donors (Lipinski definition) is 2. The molecule has 0 saturated heterocycles. The van der Waals surface area contributed by atoms with Crippen LogP contribution < -0.4 is 20.5 Å². The van der Waals surface area contributed by atoms with Gasteiger partial charge in [0.15, 0.2) is 11.5 Å². The first-order valence-electron chi connectivity index (χ1n) is 7.63. The van der Waals surface area contributed by atoms with Crippen molar-refractivity contribution < 1.29 is 19.0 Å². The van der Waals surface area contributed by atoms with Crippen molar-refractivity contribution in [2.24, 2.45) is 11.7 Å². The number of carbonyl (C=O) groups excluding carboxylic acids is 1. The van der Waals surface area contributed by atoms with Crippen LogP contribution in [0.4, 0.5) is 0 Å². The Bertz CT molecular complexity index is 551. The van der Waals surface area contributed by atoms with E-state index in [0.29, 0.717) is 19.1 Å². The molecule has 3 rings (SSSR count). The summed E-state index contributed by atoms with van der Waals surface area (Å²) in [6.07, 6.45) is 2.22. The zero-order valence-electron chi connectivity index (χ0n) is 13.1. The Balaban J connectivity index is 0.00000192. The Kier molecular flexibility index (Phi) is 6.10. The monoisotopic (exact) mass is 342 g/mol. The predicted octanol–water partition coefficient (Wildman–Crippen LogP) is 1.42. The molecule has 1 aliphatic heterocycles. The fourth-order valence-corrected chi connectivity index (χ4v) is 2.67. The van der Waals surface area contributed by atoms with Crippen molar-refractivity contribution in [3.8, 4) is 11.5 Å². The van der Waals surface area contributed by atoms with Crippen LogP contribution in [0.1, 0.15) is 24.4 Å². The lowest BCUT2D eigenvalue weighted by molar-refractivity contribution is -0.124. The minimum Gasteiger partial charge on any atom is -0.486 e. The van der Waals surface area contributed by atoms with Crippen molar-refractivity contribution >= 4 is 18.3 Å². The van der Waals surface area contributed by atoms with E-state index in [1.165, 1.54) is 7.11 Å². The van der Waals surface area contributed by atoms with Crippen LogP contribution in [-0.4, -0.2) is 38.9 Å². The Morgan fingerprint density at radius 1 is 1.35 bits per heavy atom. The van der Waals surface area contributed by atoms with Crippen molar-refractivity contribution in [3.05, 3.63) is 23.8 Å². The van der Waals surface area contributed by atoms with Crippen LogP contribution in [0.2, 0.25) is 0 Å². The van der Waals surface area contributed by atoms with E-state index in [0.717, 1.165) is 29.9 Å². The normalized spacial score (nSPS) is 18.5. The molecule has 0 aromatic heterocycles. The summed E-state index contributed by atoms with van der Waals surface area (Å²) in [7, 11) is 1.53. The molecule has 1 fully saturated rings. The third-order valence-electron chi connectivity index (χ3n) is 4.00. The van der Waals surface area contributed by atoms with Crippen molar-refractivity contribution in [1.29, 1.82) is 0 Å². The summed E-state index contributed by atoms with van der Waals surface area (Å²) in [6.45, 7) is 1.33. The van der Waals surface area contributed by atoms with Crippen molar-refractivity contribution in [2.45, 2.75) is 24.9 Å². The molecule has 6 nitrogen and oxygen atoms in total. The standard InChI is InChI=1S/C16H22N2O4.ClH/c1-20-9-12(17)16(19)18-15(10-2-3-10)11-4-5-13-14(8-11)22-7-6-21-13;/h4-5,8,10,12,15H,2-3,6-7,9,17H2,1H3,(H,18,19);1H. The summed E-state index contributed by atoms with van der Waals surface area (Å²) in [6, 6.07) is 5.16. The van der Waals surface area contributed by atoms with E-state index in [-0.39, 0.29) is 31.0 Å². The number of fused-ring (bicyclic) bond motifs is 1. The molecule has 1 aromatic carbocycles. The number of nitrogens with two attached hydrogens (primary N) is 1. The average Bonchev–Trinajstić information content (AvgIpc) is 3.37. The molecule has 1 amide bonds. The molecule has 128 valence electrons. The van der Waals surface area contributed by atoms with Gasteiger partial charge in [0, 0.05) is 7.11 Å². The maximum absolute atomic E-state index is 12.2. The molecule has 2 aliphatic rings. The van der Waals surface area contributed by atoms with Gasteiger partial charge in [-0.1, -0.05) is 6.07 Å². The first-order chi connectivity index (χ1) is 10.7. The highest BCUT2D eigenvalue weighted by molar-refractivity contribution is 5.85. The third-order valence-corrected chi connectivity index (χ3v) is 4.00. The van der Waals surface area contributed by atoms with Gasteiger partial charge in [0.1, 0.15) is 19.3 Å². The van der Waals surface area contributed by atoms with E-state index >= 15 is 0 Å². The maximum atomic E-state index is 12.2. The van der Waals surface area contributed by atoms with E-state index in [2.05, 4.69) is 5.32 Å². The summed E-state index contributed by atoms with van der Waals surface area (Å²) >= 11 is 0. The Labute approximate surface area is 142 Å². The van der Waals surface area contributed by atoms with E-state index in [1.54, 1.807) is 0 Å². The van der Waals surface area contributed by atoms with Crippen molar-refractivity contribution in [2.75, 3.05) is 26.9 Å². The van der Waals surface area contributed by atoms with Gasteiger partial charge in [0.2, 0.25) is 5.91 Å². The number of benzene rings is 1. The number of ether oxygens (including phenoxy) is 3. The number of rotatable bonds is 6. The van der Waals surface area contributed by atoms with Gasteiger partial charge in [0.25, 0.3) is 0 Å². The number of amides is 1. The SMILES string of the molecule is COCC(N)C(=O)NC(c1ccc2c(c1)OCCO2)C1CC1.Cl. The molecule has 1 saturated carbocycles. The molecule has 0 bridgehead atoms. The third kappa shape index (κ3) is 4.28. The van der Waals surface area contributed by atoms with Crippen LogP contribution in [0.5, 0.6) is 11.5 Å². The van der Waals surface area contributed by atoms with Crippen molar-refractivity contribution in [3.63, 3.8) is 0 Å². The highest BCUT2D eigenvalue weighted by Crippen LogP contribution is 2.43. The van der Waals surface area contributed by atoms with Crippen LogP contribution in [0.25, 0.3) is 0 Å². The van der Waals surface area contributed by atoms with E-state index in [9.17, 15) is 4.79 Å². The highest BCUT2D eigenvalue weighted by Gasteiger charge is 2.35. The summed E-state index contributed by atoms with van der Waals surface area (Å²) in [5, 5.41) is 3.05. The van der Waals surface area contributed by atoms with E-state index < -0.39 is 6.04 Å². The van der Waals surface area contributed by atoms with Gasteiger partial charge in [-0.3, -0.25) is 4.79 Å². The van der Waals surface area contributed by atoms with Crippen LogP contribution in [-0.2, 0) is 9.53 Å². The number of carbonyl (C=O) groups is 1. The zero-order valence-corrected chi connectivity index (χ0v) is 13.9. The van der Waals surface area contributed by atoms with Crippen LogP contribution in [0.3, 0.4) is 0 Å². The molecular formula is C16H23ClN2O4. The van der Waals surface area contributed by atoms with Gasteiger partial charge in [-0.15, -0.1) is 12.4 Å². The minimum atomic E-state index is -0.650. The van der Waals surface area contributed by atoms with Gasteiger partial charge in [-0.2, -0.15) is 0 Å². The molecular weight excluding hydrogens is 320 g/mol. The highest BCUT2D eigenvalue weighted by atomic mass is 35.5. The molecule has 1 aromatic rings. The lowest BCUT2D eigenvalue weighted by Gasteiger charge is -2.24. The second kappa shape index (κ2) is 7.86. The molecule has 1 aliphatic carbocycles. The molecule has 0 radical (unpaired) electrons. The Morgan fingerprint density at radius 3 is 2.70 bits per heavy atom. The first-order valence-corrected chi connectivity index (χ1v) is 7.63. The van der Waals surface area contributed by atoms with Gasteiger partial charge in [-0.25, -0.2) is 0 Å². The smallest absolute Gasteiger partial charge is 0.239 e. The average molecular weight is 343 g/mol. The lowest BCUT2D eigenvalue weighted by atomic mass is 10.0. The van der Waals surface area contributed by atoms with Gasteiger partial charge < -0.3 is 25.3 Å². The quantitative estimate of drug-likeness (QED) is 0.817. The number of hydrogen-bond acceptors (Lipinski definition) is 5. The second-order valence-electron chi connectivity index (χ2n) is 5.79. The van der Waals surface area contributed by atoms with Crippen LogP contribution in [0, 0.1) is 5.92 Å².